The molecule has 2 nitrogen and oxygen atoms in total. The topological polar surface area (TPSA) is 26.3 Å². The number of alkyl halides is 3. The summed E-state index contributed by atoms with van der Waals surface area (Å²) in [7, 11) is 0. The Bertz CT molecular complexity index is 341. The Hall–Kier alpha value is -0.740. The van der Waals surface area contributed by atoms with Crippen LogP contribution in [0.4, 0.5) is 13.2 Å². The van der Waals surface area contributed by atoms with Gasteiger partial charge in [0.15, 0.2) is 0 Å². The second-order valence-corrected chi connectivity index (χ2v) is 7.72. The van der Waals surface area contributed by atoms with Crippen LogP contribution in [0.2, 0.25) is 0 Å². The number of carbonyl (C=O) groups excluding carboxylic acids is 1. The van der Waals surface area contributed by atoms with E-state index < -0.39 is 18.2 Å². The van der Waals surface area contributed by atoms with Gasteiger partial charge in [-0.1, -0.05) is 97.8 Å². The van der Waals surface area contributed by atoms with Crippen LogP contribution in [-0.2, 0) is 9.53 Å². The molecule has 0 aromatic heterocycles. The second kappa shape index (κ2) is 15.3. The van der Waals surface area contributed by atoms with Crippen LogP contribution in [-0.4, -0.2) is 18.2 Å². The molecule has 0 heterocycles. The van der Waals surface area contributed by atoms with E-state index in [0.29, 0.717) is 6.42 Å². The first-order chi connectivity index (χ1) is 12.3. The molecular formula is C21H39F3O2. The van der Waals surface area contributed by atoms with E-state index in [2.05, 4.69) is 11.7 Å². The summed E-state index contributed by atoms with van der Waals surface area (Å²) >= 11 is 0. The highest BCUT2D eigenvalue weighted by Gasteiger charge is 2.42. The Morgan fingerprint density at radius 3 is 1.50 bits per heavy atom. The fourth-order valence-corrected chi connectivity index (χ4v) is 3.10. The van der Waals surface area contributed by atoms with Gasteiger partial charge in [-0.25, -0.2) is 4.79 Å². The van der Waals surface area contributed by atoms with Crippen molar-refractivity contribution in [2.24, 2.45) is 5.92 Å². The molecule has 0 aliphatic heterocycles. The fraction of sp³-hybridized carbons (Fsp3) is 0.952. The van der Waals surface area contributed by atoms with Crippen molar-refractivity contribution in [2.45, 2.75) is 123 Å². The third-order valence-corrected chi connectivity index (χ3v) is 4.83. The Morgan fingerprint density at radius 2 is 1.15 bits per heavy atom. The summed E-state index contributed by atoms with van der Waals surface area (Å²) < 4.78 is 41.5. The lowest BCUT2D eigenvalue weighted by molar-refractivity contribution is -0.207. The molecule has 26 heavy (non-hydrogen) atoms. The standard InChI is InChI=1S/C21H39F3O2/c1-4-5-6-7-8-9-10-11-12-13-14-15-16-17-19(18(2)3)26-20(25)21(22,23)24/h18-19H,4-17H2,1-3H3/t19-/m1/s1. The summed E-state index contributed by atoms with van der Waals surface area (Å²) in [4.78, 5) is 11.0. The van der Waals surface area contributed by atoms with Crippen LogP contribution in [0.3, 0.4) is 0 Å². The predicted molar refractivity (Wildman–Crippen MR) is 101 cm³/mol. The third-order valence-electron chi connectivity index (χ3n) is 4.83. The molecule has 0 aromatic carbocycles. The first kappa shape index (κ1) is 25.3. The highest BCUT2D eigenvalue weighted by atomic mass is 19.4. The quantitative estimate of drug-likeness (QED) is 0.203. The molecule has 0 saturated carbocycles. The lowest BCUT2D eigenvalue weighted by atomic mass is 9.99. The van der Waals surface area contributed by atoms with Gasteiger partial charge in [0, 0.05) is 0 Å². The lowest BCUT2D eigenvalue weighted by Crippen LogP contribution is -2.32. The molecule has 0 bridgehead atoms. The molecule has 0 rings (SSSR count). The van der Waals surface area contributed by atoms with E-state index in [9.17, 15) is 18.0 Å². The largest absolute Gasteiger partial charge is 0.490 e. The molecule has 1 atom stereocenters. The average molecular weight is 381 g/mol. The maximum absolute atomic E-state index is 12.3. The Kier molecular flexibility index (Phi) is 14.9. The van der Waals surface area contributed by atoms with Crippen molar-refractivity contribution in [3.05, 3.63) is 0 Å². The first-order valence-electron chi connectivity index (χ1n) is 10.6. The third kappa shape index (κ3) is 14.4. The van der Waals surface area contributed by atoms with Crippen LogP contribution in [0.5, 0.6) is 0 Å². The van der Waals surface area contributed by atoms with Gasteiger partial charge in [-0.3, -0.25) is 0 Å². The van der Waals surface area contributed by atoms with Gasteiger partial charge in [-0.15, -0.1) is 0 Å². The molecule has 0 amide bonds. The monoisotopic (exact) mass is 380 g/mol. The zero-order valence-corrected chi connectivity index (χ0v) is 17.0. The smallest absolute Gasteiger partial charge is 0.455 e. The van der Waals surface area contributed by atoms with Crippen molar-refractivity contribution in [3.63, 3.8) is 0 Å². The normalized spacial score (nSPS) is 13.2. The van der Waals surface area contributed by atoms with Gasteiger partial charge >= 0.3 is 12.1 Å². The minimum atomic E-state index is -4.90. The number of halogens is 3. The van der Waals surface area contributed by atoms with Gasteiger partial charge in [0.2, 0.25) is 0 Å². The molecule has 0 fully saturated rings. The SMILES string of the molecule is CCCCCCCCCCCCCCC[C@@H](OC(=O)C(F)(F)F)C(C)C. The molecule has 0 N–H and O–H groups in total. The zero-order valence-electron chi connectivity index (χ0n) is 17.0. The minimum Gasteiger partial charge on any atom is -0.455 e. The fourth-order valence-electron chi connectivity index (χ4n) is 3.10. The maximum atomic E-state index is 12.3. The van der Waals surface area contributed by atoms with E-state index in [1.165, 1.54) is 64.2 Å². The minimum absolute atomic E-state index is 0.0985. The molecule has 0 unspecified atom stereocenters. The van der Waals surface area contributed by atoms with Crippen molar-refractivity contribution in [2.75, 3.05) is 0 Å². The molecule has 0 saturated heterocycles. The van der Waals surface area contributed by atoms with Crippen molar-refractivity contribution in [1.82, 2.24) is 0 Å². The van der Waals surface area contributed by atoms with Gasteiger partial charge in [-0.05, 0) is 18.8 Å². The van der Waals surface area contributed by atoms with Crippen LogP contribution in [0, 0.1) is 5.92 Å². The lowest BCUT2D eigenvalue weighted by Gasteiger charge is -2.22. The predicted octanol–water partition coefficient (Wildman–Crippen LogP) is 7.60. The average Bonchev–Trinajstić information content (AvgIpc) is 2.56. The summed E-state index contributed by atoms with van der Waals surface area (Å²) in [6.45, 7) is 5.81. The Morgan fingerprint density at radius 1 is 0.769 bits per heavy atom. The van der Waals surface area contributed by atoms with Crippen LogP contribution in [0.25, 0.3) is 0 Å². The van der Waals surface area contributed by atoms with Crippen molar-refractivity contribution in [3.8, 4) is 0 Å². The summed E-state index contributed by atoms with van der Waals surface area (Å²) in [5.41, 5.74) is 0. The molecule has 0 aromatic rings. The van der Waals surface area contributed by atoms with Crippen LogP contribution in [0.15, 0.2) is 0 Å². The van der Waals surface area contributed by atoms with E-state index >= 15 is 0 Å². The molecule has 5 heteroatoms. The Labute approximate surface area is 158 Å². The molecule has 0 spiro atoms. The highest BCUT2D eigenvalue weighted by molar-refractivity contribution is 5.75. The summed E-state index contributed by atoms with van der Waals surface area (Å²) in [6, 6.07) is 0. The zero-order chi connectivity index (χ0) is 19.8. The number of hydrogen-bond donors (Lipinski definition) is 0. The van der Waals surface area contributed by atoms with E-state index in [-0.39, 0.29) is 5.92 Å². The number of rotatable bonds is 16. The van der Waals surface area contributed by atoms with Crippen molar-refractivity contribution >= 4 is 5.97 Å². The number of carbonyl (C=O) groups is 1. The van der Waals surface area contributed by atoms with Gasteiger partial charge in [-0.2, -0.15) is 13.2 Å². The van der Waals surface area contributed by atoms with Crippen LogP contribution < -0.4 is 0 Å². The van der Waals surface area contributed by atoms with E-state index in [4.69, 9.17) is 0 Å². The number of ether oxygens (including phenoxy) is 1. The van der Waals surface area contributed by atoms with E-state index in [0.717, 1.165) is 19.3 Å². The summed E-state index contributed by atoms with van der Waals surface area (Å²) in [6.07, 6.45) is 11.0. The van der Waals surface area contributed by atoms with Gasteiger partial charge in [0.05, 0.1) is 0 Å². The first-order valence-corrected chi connectivity index (χ1v) is 10.6. The number of unbranched alkanes of at least 4 members (excludes halogenated alkanes) is 12. The number of hydrogen-bond acceptors (Lipinski definition) is 2. The highest BCUT2D eigenvalue weighted by Crippen LogP contribution is 2.22. The molecule has 0 radical (unpaired) electrons. The van der Waals surface area contributed by atoms with Crippen LogP contribution in [0.1, 0.15) is 111 Å². The van der Waals surface area contributed by atoms with Gasteiger partial charge in [0.25, 0.3) is 0 Å². The second-order valence-electron chi connectivity index (χ2n) is 7.72. The van der Waals surface area contributed by atoms with Gasteiger partial charge < -0.3 is 4.74 Å². The Balaban J connectivity index is 3.58. The molecule has 156 valence electrons. The van der Waals surface area contributed by atoms with E-state index in [1.807, 2.05) is 0 Å². The van der Waals surface area contributed by atoms with Crippen molar-refractivity contribution in [1.29, 1.82) is 0 Å². The van der Waals surface area contributed by atoms with E-state index in [1.54, 1.807) is 13.8 Å². The molecular weight excluding hydrogens is 341 g/mol. The van der Waals surface area contributed by atoms with Crippen LogP contribution >= 0.6 is 0 Å². The molecule has 0 aliphatic rings. The summed E-state index contributed by atoms with van der Waals surface area (Å²) in [5, 5.41) is 0. The summed E-state index contributed by atoms with van der Waals surface area (Å²) in [5.74, 6) is -2.16. The van der Waals surface area contributed by atoms with Gasteiger partial charge in [0.1, 0.15) is 6.10 Å². The molecule has 0 aliphatic carbocycles. The van der Waals surface area contributed by atoms with Crippen molar-refractivity contribution < 1.29 is 22.7 Å². The number of esters is 1. The maximum Gasteiger partial charge on any atom is 0.490 e.